The number of pyridine rings is 1. The Labute approximate surface area is 153 Å². The van der Waals surface area contributed by atoms with Crippen LogP contribution in [-0.4, -0.2) is 21.9 Å². The summed E-state index contributed by atoms with van der Waals surface area (Å²) in [5.74, 6) is -0.114. The SMILES string of the molecule is O=C(CC1Sc2ncccc2CC1=O)NCc1ccc(Cl)c(Cl)c1. The van der Waals surface area contributed by atoms with Gasteiger partial charge in [-0.1, -0.05) is 47.1 Å². The van der Waals surface area contributed by atoms with Crippen LogP contribution in [0.5, 0.6) is 0 Å². The summed E-state index contributed by atoms with van der Waals surface area (Å²) in [6, 6.07) is 8.92. The molecule has 7 heteroatoms. The average molecular weight is 381 g/mol. The topological polar surface area (TPSA) is 59.1 Å². The Hall–Kier alpha value is -1.56. The lowest BCUT2D eigenvalue weighted by atomic mass is 10.1. The number of halogens is 2. The van der Waals surface area contributed by atoms with E-state index in [-0.39, 0.29) is 23.4 Å². The van der Waals surface area contributed by atoms with Crippen LogP contribution in [0.2, 0.25) is 10.0 Å². The van der Waals surface area contributed by atoms with Crippen molar-refractivity contribution in [2.75, 3.05) is 0 Å². The molecule has 1 N–H and O–H groups in total. The van der Waals surface area contributed by atoms with Gasteiger partial charge in [-0.15, -0.1) is 0 Å². The smallest absolute Gasteiger partial charge is 0.221 e. The monoisotopic (exact) mass is 380 g/mol. The summed E-state index contributed by atoms with van der Waals surface area (Å²) in [5, 5.41) is 4.18. The van der Waals surface area contributed by atoms with Crippen molar-refractivity contribution < 1.29 is 9.59 Å². The van der Waals surface area contributed by atoms with Gasteiger partial charge in [0.15, 0.2) is 5.78 Å². The summed E-state index contributed by atoms with van der Waals surface area (Å²) in [7, 11) is 0. The molecule has 24 heavy (non-hydrogen) atoms. The van der Waals surface area contributed by atoms with Gasteiger partial charge in [0.2, 0.25) is 5.91 Å². The van der Waals surface area contributed by atoms with E-state index in [0.717, 1.165) is 16.2 Å². The van der Waals surface area contributed by atoms with Gasteiger partial charge in [-0.3, -0.25) is 9.59 Å². The highest BCUT2D eigenvalue weighted by molar-refractivity contribution is 8.00. The fraction of sp³-hybridized carbons (Fsp3) is 0.235. The molecule has 0 aliphatic carbocycles. The molecule has 1 aliphatic rings. The molecule has 124 valence electrons. The molecule has 1 amide bonds. The Morgan fingerprint density at radius 3 is 2.92 bits per heavy atom. The third-order valence-corrected chi connectivity index (χ3v) is 5.72. The number of Topliss-reactive ketones (excluding diaryl/α,β-unsaturated/α-hetero) is 1. The van der Waals surface area contributed by atoms with Crippen LogP contribution in [0.15, 0.2) is 41.6 Å². The molecule has 4 nitrogen and oxygen atoms in total. The van der Waals surface area contributed by atoms with E-state index in [2.05, 4.69) is 10.3 Å². The van der Waals surface area contributed by atoms with E-state index in [1.54, 1.807) is 24.4 Å². The zero-order valence-corrected chi connectivity index (χ0v) is 14.9. The molecule has 0 spiro atoms. The van der Waals surface area contributed by atoms with Crippen LogP contribution in [0.4, 0.5) is 0 Å². The van der Waals surface area contributed by atoms with Gasteiger partial charge >= 0.3 is 0 Å². The Balaban J connectivity index is 1.57. The number of nitrogens with one attached hydrogen (secondary N) is 1. The van der Waals surface area contributed by atoms with Crippen LogP contribution < -0.4 is 5.32 Å². The lowest BCUT2D eigenvalue weighted by Crippen LogP contribution is -2.32. The molecule has 0 bridgehead atoms. The predicted octanol–water partition coefficient (Wildman–Crippen LogP) is 3.68. The second kappa shape index (κ2) is 7.55. The lowest BCUT2D eigenvalue weighted by Gasteiger charge is -2.21. The van der Waals surface area contributed by atoms with Gasteiger partial charge in [-0.05, 0) is 29.3 Å². The minimum absolute atomic E-state index is 0.0604. The number of carbonyl (C=O) groups is 2. The van der Waals surface area contributed by atoms with E-state index < -0.39 is 0 Å². The highest BCUT2D eigenvalue weighted by atomic mass is 35.5. The van der Waals surface area contributed by atoms with Crippen LogP contribution in [-0.2, 0) is 22.6 Å². The number of ketones is 1. The van der Waals surface area contributed by atoms with Crippen molar-refractivity contribution in [2.45, 2.75) is 29.7 Å². The minimum Gasteiger partial charge on any atom is -0.352 e. The number of amides is 1. The van der Waals surface area contributed by atoms with Crippen molar-refractivity contribution in [2.24, 2.45) is 0 Å². The maximum atomic E-state index is 12.2. The highest BCUT2D eigenvalue weighted by Crippen LogP contribution is 2.33. The van der Waals surface area contributed by atoms with E-state index in [1.165, 1.54) is 11.8 Å². The molecule has 1 aromatic heterocycles. The number of nitrogens with zero attached hydrogens (tertiary/aromatic N) is 1. The van der Waals surface area contributed by atoms with E-state index in [0.29, 0.717) is 23.0 Å². The third-order valence-electron chi connectivity index (χ3n) is 3.67. The highest BCUT2D eigenvalue weighted by Gasteiger charge is 2.29. The first kappa shape index (κ1) is 17.3. The number of hydrogen-bond donors (Lipinski definition) is 1. The van der Waals surface area contributed by atoms with Crippen molar-refractivity contribution in [3.63, 3.8) is 0 Å². The Morgan fingerprint density at radius 1 is 1.29 bits per heavy atom. The molecule has 0 fully saturated rings. The van der Waals surface area contributed by atoms with Crippen LogP contribution in [0.3, 0.4) is 0 Å². The molecule has 0 saturated carbocycles. The molecule has 1 aromatic carbocycles. The Kier molecular flexibility index (Phi) is 5.43. The summed E-state index contributed by atoms with van der Waals surface area (Å²) >= 11 is 13.2. The zero-order valence-electron chi connectivity index (χ0n) is 12.6. The van der Waals surface area contributed by atoms with E-state index in [4.69, 9.17) is 23.2 Å². The Bertz CT molecular complexity index is 798. The minimum atomic E-state index is -0.388. The second-order valence-corrected chi connectivity index (χ2v) is 7.45. The fourth-order valence-corrected chi connectivity index (χ4v) is 3.87. The van der Waals surface area contributed by atoms with Crippen molar-refractivity contribution in [3.05, 3.63) is 57.7 Å². The van der Waals surface area contributed by atoms with Crippen LogP contribution in [0, 0.1) is 0 Å². The number of rotatable bonds is 4. The van der Waals surface area contributed by atoms with Gasteiger partial charge in [0.25, 0.3) is 0 Å². The maximum absolute atomic E-state index is 12.2. The number of thioether (sulfide) groups is 1. The van der Waals surface area contributed by atoms with E-state index in [9.17, 15) is 9.59 Å². The quantitative estimate of drug-likeness (QED) is 0.878. The van der Waals surface area contributed by atoms with Crippen molar-refractivity contribution in [1.82, 2.24) is 10.3 Å². The van der Waals surface area contributed by atoms with E-state index >= 15 is 0 Å². The predicted molar refractivity (Wildman–Crippen MR) is 95.5 cm³/mol. The molecular formula is C17H14Cl2N2O2S. The summed E-state index contributed by atoms with van der Waals surface area (Å²) < 4.78 is 0. The van der Waals surface area contributed by atoms with E-state index in [1.807, 2.05) is 12.1 Å². The number of carbonyl (C=O) groups excluding carboxylic acids is 2. The number of hydrogen-bond acceptors (Lipinski definition) is 4. The van der Waals surface area contributed by atoms with Gasteiger partial charge in [-0.2, -0.15) is 0 Å². The van der Waals surface area contributed by atoms with Crippen LogP contribution in [0.25, 0.3) is 0 Å². The number of aromatic nitrogens is 1. The van der Waals surface area contributed by atoms with Crippen LogP contribution >= 0.6 is 35.0 Å². The summed E-state index contributed by atoms with van der Waals surface area (Å²) in [4.78, 5) is 28.6. The molecule has 0 saturated heterocycles. The normalized spacial score (nSPS) is 16.6. The molecular weight excluding hydrogens is 367 g/mol. The van der Waals surface area contributed by atoms with Gasteiger partial charge in [0.05, 0.1) is 15.3 Å². The van der Waals surface area contributed by atoms with Crippen molar-refractivity contribution in [1.29, 1.82) is 0 Å². The van der Waals surface area contributed by atoms with Crippen LogP contribution in [0.1, 0.15) is 17.5 Å². The molecule has 1 unspecified atom stereocenters. The molecule has 1 atom stereocenters. The van der Waals surface area contributed by atoms with Gasteiger partial charge in [-0.25, -0.2) is 4.98 Å². The number of benzene rings is 1. The largest absolute Gasteiger partial charge is 0.352 e. The third kappa shape index (κ3) is 4.09. The zero-order chi connectivity index (χ0) is 17.1. The molecule has 3 rings (SSSR count). The average Bonchev–Trinajstić information content (AvgIpc) is 2.56. The molecule has 1 aliphatic heterocycles. The first-order valence-electron chi connectivity index (χ1n) is 7.37. The number of fused-ring (bicyclic) bond motifs is 1. The van der Waals surface area contributed by atoms with Gasteiger partial charge < -0.3 is 5.32 Å². The van der Waals surface area contributed by atoms with Crippen molar-refractivity contribution >= 4 is 46.7 Å². The first-order chi connectivity index (χ1) is 11.5. The Morgan fingerprint density at radius 2 is 2.12 bits per heavy atom. The molecule has 2 aromatic rings. The van der Waals surface area contributed by atoms with Gasteiger partial charge in [0, 0.05) is 25.6 Å². The molecule has 0 radical (unpaired) electrons. The summed E-state index contributed by atoms with van der Waals surface area (Å²) in [6.07, 6.45) is 2.17. The molecule has 2 heterocycles. The lowest BCUT2D eigenvalue weighted by molar-refractivity contribution is -0.125. The van der Waals surface area contributed by atoms with Crippen molar-refractivity contribution in [3.8, 4) is 0 Å². The second-order valence-electron chi connectivity index (χ2n) is 5.45. The summed E-state index contributed by atoms with van der Waals surface area (Å²) in [6.45, 7) is 0.343. The standard InChI is InChI=1S/C17H14Cl2N2O2S/c18-12-4-3-10(6-13(12)19)9-21-16(23)8-15-14(22)7-11-2-1-5-20-17(11)24-15/h1-6,15H,7-9H2,(H,21,23). The fourth-order valence-electron chi connectivity index (χ4n) is 2.41. The maximum Gasteiger partial charge on any atom is 0.221 e. The summed E-state index contributed by atoms with van der Waals surface area (Å²) in [5.41, 5.74) is 1.78. The first-order valence-corrected chi connectivity index (χ1v) is 9.00. The van der Waals surface area contributed by atoms with Gasteiger partial charge in [0.1, 0.15) is 5.03 Å².